The first-order valence-electron chi connectivity index (χ1n) is 7.01. The van der Waals surface area contributed by atoms with Crippen LogP contribution in [0.5, 0.6) is 17.2 Å². The summed E-state index contributed by atoms with van der Waals surface area (Å²) in [5, 5.41) is 21.1. The smallest absolute Gasteiger partial charge is 0.266 e. The lowest BCUT2D eigenvalue weighted by Crippen LogP contribution is -2.13. The van der Waals surface area contributed by atoms with Crippen LogP contribution in [0.3, 0.4) is 0 Å². The first-order valence-corrected chi connectivity index (χ1v) is 7.01. The summed E-state index contributed by atoms with van der Waals surface area (Å²) >= 11 is 0. The van der Waals surface area contributed by atoms with Gasteiger partial charge in [0.25, 0.3) is 5.91 Å². The molecule has 24 heavy (non-hydrogen) atoms. The molecule has 0 bridgehead atoms. The van der Waals surface area contributed by atoms with Gasteiger partial charge in [0.2, 0.25) is 0 Å². The van der Waals surface area contributed by atoms with Crippen LogP contribution < -0.4 is 14.8 Å². The van der Waals surface area contributed by atoms with Crippen LogP contribution in [0.2, 0.25) is 0 Å². The van der Waals surface area contributed by atoms with Crippen molar-refractivity contribution in [2.45, 2.75) is 0 Å². The third-order valence-electron chi connectivity index (χ3n) is 3.21. The van der Waals surface area contributed by atoms with E-state index in [0.717, 1.165) is 0 Å². The molecule has 0 aromatic heterocycles. The number of carbonyl (C=O) groups excluding carboxylic acids is 1. The van der Waals surface area contributed by atoms with Crippen molar-refractivity contribution in [2.24, 2.45) is 0 Å². The minimum atomic E-state index is -0.544. The number of ether oxygens (including phenoxy) is 2. The lowest BCUT2D eigenvalue weighted by molar-refractivity contribution is -0.112. The van der Waals surface area contributed by atoms with Crippen LogP contribution in [0.4, 0.5) is 5.69 Å². The van der Waals surface area contributed by atoms with Gasteiger partial charge in [0.15, 0.2) is 11.5 Å². The highest BCUT2D eigenvalue weighted by Gasteiger charge is 2.11. The molecule has 0 aliphatic carbocycles. The largest absolute Gasteiger partial charge is 0.508 e. The molecule has 122 valence electrons. The monoisotopic (exact) mass is 324 g/mol. The Morgan fingerprint density at radius 3 is 2.38 bits per heavy atom. The van der Waals surface area contributed by atoms with E-state index < -0.39 is 5.91 Å². The number of rotatable bonds is 5. The van der Waals surface area contributed by atoms with E-state index in [1.807, 2.05) is 6.07 Å². The van der Waals surface area contributed by atoms with Gasteiger partial charge in [-0.15, -0.1) is 0 Å². The Bertz CT molecular complexity index is 805. The van der Waals surface area contributed by atoms with E-state index in [4.69, 9.17) is 9.47 Å². The summed E-state index contributed by atoms with van der Waals surface area (Å²) in [6.45, 7) is 0. The van der Waals surface area contributed by atoms with Gasteiger partial charge in [-0.1, -0.05) is 12.1 Å². The molecule has 0 atom stereocenters. The van der Waals surface area contributed by atoms with Gasteiger partial charge >= 0.3 is 0 Å². The van der Waals surface area contributed by atoms with Gasteiger partial charge in [0.05, 0.1) is 14.2 Å². The number of benzene rings is 2. The number of nitrogens with one attached hydrogen (secondary N) is 1. The lowest BCUT2D eigenvalue weighted by atomic mass is 10.1. The summed E-state index contributed by atoms with van der Waals surface area (Å²) in [6, 6.07) is 12.9. The second kappa shape index (κ2) is 7.70. The van der Waals surface area contributed by atoms with Crippen LogP contribution in [-0.4, -0.2) is 25.2 Å². The van der Waals surface area contributed by atoms with Crippen molar-refractivity contribution in [3.63, 3.8) is 0 Å². The fourth-order valence-corrected chi connectivity index (χ4v) is 2.00. The molecule has 2 rings (SSSR count). The van der Waals surface area contributed by atoms with Crippen molar-refractivity contribution in [1.29, 1.82) is 5.26 Å². The molecule has 0 radical (unpaired) electrons. The van der Waals surface area contributed by atoms with Gasteiger partial charge in [-0.05, 0) is 35.9 Å². The number of nitrogens with zero attached hydrogens (tertiary/aromatic N) is 1. The predicted molar refractivity (Wildman–Crippen MR) is 89.9 cm³/mol. The van der Waals surface area contributed by atoms with Crippen LogP contribution in [0.25, 0.3) is 6.08 Å². The summed E-state index contributed by atoms with van der Waals surface area (Å²) in [7, 11) is 3.01. The lowest BCUT2D eigenvalue weighted by Gasteiger charge is -2.10. The van der Waals surface area contributed by atoms with E-state index in [1.165, 1.54) is 32.4 Å². The van der Waals surface area contributed by atoms with Crippen LogP contribution in [-0.2, 0) is 4.79 Å². The Morgan fingerprint density at radius 1 is 1.12 bits per heavy atom. The number of anilines is 1. The van der Waals surface area contributed by atoms with Crippen molar-refractivity contribution >= 4 is 17.7 Å². The molecule has 0 unspecified atom stereocenters. The van der Waals surface area contributed by atoms with Crippen LogP contribution in [0.1, 0.15) is 5.56 Å². The maximum Gasteiger partial charge on any atom is 0.266 e. The van der Waals surface area contributed by atoms with E-state index in [0.29, 0.717) is 22.7 Å². The Hall–Kier alpha value is -3.46. The van der Waals surface area contributed by atoms with Crippen LogP contribution in [0.15, 0.2) is 48.0 Å². The van der Waals surface area contributed by atoms with Gasteiger partial charge in [-0.3, -0.25) is 4.79 Å². The average Bonchev–Trinajstić information content (AvgIpc) is 2.60. The fourth-order valence-electron chi connectivity index (χ4n) is 2.00. The molecule has 2 N–H and O–H groups in total. The maximum atomic E-state index is 12.2. The number of hydrogen-bond donors (Lipinski definition) is 2. The van der Waals surface area contributed by atoms with Crippen molar-refractivity contribution in [3.8, 4) is 23.3 Å². The third kappa shape index (κ3) is 4.05. The molecule has 0 aliphatic rings. The summed E-state index contributed by atoms with van der Waals surface area (Å²) in [5.74, 6) is 0.574. The van der Waals surface area contributed by atoms with E-state index in [-0.39, 0.29) is 11.3 Å². The molecule has 0 heterocycles. The number of nitriles is 1. The summed E-state index contributed by atoms with van der Waals surface area (Å²) in [5.41, 5.74) is 1.05. The van der Waals surface area contributed by atoms with Crippen molar-refractivity contribution in [1.82, 2.24) is 0 Å². The summed E-state index contributed by atoms with van der Waals surface area (Å²) < 4.78 is 10.3. The Kier molecular flexibility index (Phi) is 5.42. The Labute approximate surface area is 139 Å². The standard InChI is InChI=1S/C18H16N2O4/c1-23-16-8-5-14(10-17(16)24-2)20-18(22)13(11-19)9-12-3-6-15(21)7-4-12/h3-10,21H,1-2H3,(H,20,22)/b13-9+. The van der Waals surface area contributed by atoms with Gasteiger partial charge in [-0.2, -0.15) is 5.26 Å². The molecule has 2 aromatic carbocycles. The number of carbonyl (C=O) groups is 1. The number of aromatic hydroxyl groups is 1. The first kappa shape index (κ1) is 16.9. The molecule has 0 aliphatic heterocycles. The molecule has 0 fully saturated rings. The van der Waals surface area contributed by atoms with Crippen molar-refractivity contribution in [2.75, 3.05) is 19.5 Å². The van der Waals surface area contributed by atoms with Gasteiger partial charge in [0, 0.05) is 11.8 Å². The molecule has 6 nitrogen and oxygen atoms in total. The number of hydrogen-bond acceptors (Lipinski definition) is 5. The zero-order chi connectivity index (χ0) is 17.5. The number of phenols is 1. The summed E-state index contributed by atoms with van der Waals surface area (Å²) in [6.07, 6.45) is 1.44. The van der Waals surface area contributed by atoms with E-state index in [9.17, 15) is 15.2 Å². The van der Waals surface area contributed by atoms with Gasteiger partial charge in [-0.25, -0.2) is 0 Å². The Balaban J connectivity index is 2.21. The number of amides is 1. The quantitative estimate of drug-likeness (QED) is 0.652. The van der Waals surface area contributed by atoms with E-state index >= 15 is 0 Å². The second-order valence-corrected chi connectivity index (χ2v) is 4.79. The minimum Gasteiger partial charge on any atom is -0.508 e. The van der Waals surface area contributed by atoms with Crippen molar-refractivity contribution in [3.05, 3.63) is 53.6 Å². The van der Waals surface area contributed by atoms with Gasteiger partial charge in [0.1, 0.15) is 17.4 Å². The number of methoxy groups -OCH3 is 2. The molecular weight excluding hydrogens is 308 g/mol. The highest BCUT2D eigenvalue weighted by atomic mass is 16.5. The van der Waals surface area contributed by atoms with Crippen LogP contribution in [0, 0.1) is 11.3 Å². The van der Waals surface area contributed by atoms with Crippen LogP contribution >= 0.6 is 0 Å². The molecule has 2 aromatic rings. The predicted octanol–water partition coefficient (Wildman–Crippen LogP) is 2.96. The highest BCUT2D eigenvalue weighted by Crippen LogP contribution is 2.29. The van der Waals surface area contributed by atoms with Gasteiger partial charge < -0.3 is 19.9 Å². The molecule has 1 amide bonds. The summed E-state index contributed by atoms with van der Waals surface area (Å²) in [4.78, 5) is 12.2. The molecule has 6 heteroatoms. The Morgan fingerprint density at radius 2 is 1.79 bits per heavy atom. The molecular formula is C18H16N2O4. The molecule has 0 saturated heterocycles. The maximum absolute atomic E-state index is 12.2. The average molecular weight is 324 g/mol. The SMILES string of the molecule is COc1ccc(NC(=O)/C(C#N)=C/c2ccc(O)cc2)cc1OC. The molecule has 0 spiro atoms. The highest BCUT2D eigenvalue weighted by molar-refractivity contribution is 6.09. The third-order valence-corrected chi connectivity index (χ3v) is 3.21. The first-order chi connectivity index (χ1) is 11.6. The normalized spacial score (nSPS) is 10.6. The van der Waals surface area contributed by atoms with E-state index in [1.54, 1.807) is 30.3 Å². The zero-order valence-corrected chi connectivity index (χ0v) is 13.2. The minimum absolute atomic E-state index is 0.0597. The topological polar surface area (TPSA) is 91.6 Å². The van der Waals surface area contributed by atoms with Crippen molar-refractivity contribution < 1.29 is 19.4 Å². The van der Waals surface area contributed by atoms with E-state index in [2.05, 4.69) is 5.32 Å². The zero-order valence-electron chi connectivity index (χ0n) is 13.2. The second-order valence-electron chi connectivity index (χ2n) is 4.79. The fraction of sp³-hybridized carbons (Fsp3) is 0.111. The number of phenolic OH excluding ortho intramolecular Hbond substituents is 1. The molecule has 0 saturated carbocycles.